The van der Waals surface area contributed by atoms with Crippen LogP contribution in [-0.4, -0.2) is 35.5 Å². The van der Waals surface area contributed by atoms with E-state index in [9.17, 15) is 9.59 Å². The zero-order valence-corrected chi connectivity index (χ0v) is 7.88. The van der Waals surface area contributed by atoms with Gasteiger partial charge in [-0.25, -0.2) is 0 Å². The van der Waals surface area contributed by atoms with Gasteiger partial charge in [0.1, 0.15) is 11.6 Å². The van der Waals surface area contributed by atoms with Crippen LogP contribution in [0.5, 0.6) is 0 Å². The summed E-state index contributed by atoms with van der Waals surface area (Å²) in [7, 11) is 0. The Kier molecular flexibility index (Phi) is 7.26. The largest absolute Gasteiger partial charge is 4.00 e. The molecule has 0 N–H and O–H groups in total. The molecule has 0 aliphatic carbocycles. The van der Waals surface area contributed by atoms with Crippen molar-refractivity contribution in [1.82, 2.24) is 0 Å². The van der Waals surface area contributed by atoms with E-state index >= 15 is 0 Å². The average Bonchev–Trinajstić information content (AvgIpc) is 1.27. The molecule has 0 bridgehead atoms. The predicted octanol–water partition coefficient (Wildman–Crippen LogP) is 0.174. The summed E-state index contributed by atoms with van der Waals surface area (Å²) in [5.41, 5.74) is 0. The maximum absolute atomic E-state index is 10.0. The first kappa shape index (κ1) is 11.0. The number of carbonyl (C=O) groups is 2. The summed E-state index contributed by atoms with van der Waals surface area (Å²) in [4.78, 5) is 20.1. The molecule has 0 aliphatic rings. The van der Waals surface area contributed by atoms with Crippen molar-refractivity contribution in [3.8, 4) is 0 Å². The van der Waals surface area contributed by atoms with Gasteiger partial charge in [-0.2, -0.15) is 0 Å². The molecule has 0 amide bonds. The van der Waals surface area contributed by atoms with Crippen LogP contribution in [0.2, 0.25) is 0 Å². The molecule has 0 aromatic carbocycles. The van der Waals surface area contributed by atoms with Gasteiger partial charge >= 0.3 is 23.9 Å². The molecule has 0 saturated carbocycles. The van der Waals surface area contributed by atoms with Gasteiger partial charge in [-0.05, 0) is 13.8 Å². The number of ketones is 2. The zero-order chi connectivity index (χ0) is 5.86. The first-order valence-corrected chi connectivity index (χ1v) is 2.12. The third-order valence-corrected chi connectivity index (χ3v) is 0.498. The average molecular weight is 219 g/mol. The number of hydrogen-bond donors (Lipinski definition) is 0. The van der Waals surface area contributed by atoms with Crippen LogP contribution in [0.25, 0.3) is 0 Å². The van der Waals surface area contributed by atoms with Gasteiger partial charge in [-0.15, -0.1) is 0 Å². The smallest absolute Gasteiger partial charge is 0.300 e. The van der Waals surface area contributed by atoms with Crippen LogP contribution in [0.1, 0.15) is 20.3 Å². The molecule has 0 aromatic rings. The van der Waals surface area contributed by atoms with Crippen molar-refractivity contribution in [2.24, 2.45) is 0 Å². The normalized spacial score (nSPS) is 7.25. The van der Waals surface area contributed by atoms with Crippen molar-refractivity contribution in [1.29, 1.82) is 0 Å². The van der Waals surface area contributed by atoms with Crippen molar-refractivity contribution in [3.63, 3.8) is 0 Å². The maximum atomic E-state index is 10.0. The van der Waals surface area contributed by atoms with E-state index in [1.165, 1.54) is 13.8 Å². The van der Waals surface area contributed by atoms with Gasteiger partial charge in [-0.1, -0.05) is 0 Å². The fourth-order valence-electron chi connectivity index (χ4n) is 0.351. The van der Waals surface area contributed by atoms with E-state index in [2.05, 4.69) is 0 Å². The first-order valence-electron chi connectivity index (χ1n) is 2.12. The van der Waals surface area contributed by atoms with Crippen LogP contribution in [0, 0.1) is 0 Å². The third kappa shape index (κ3) is 9.46. The molecular weight excluding hydrogens is 211 g/mol. The summed E-state index contributed by atoms with van der Waals surface area (Å²) in [5.74, 6) is -0.125. The van der Waals surface area contributed by atoms with Gasteiger partial charge in [-0.3, -0.25) is 9.59 Å². The van der Waals surface area contributed by atoms with Crippen LogP contribution in [0.3, 0.4) is 0 Å². The molecular formula is C5H8O2Sn+4. The quantitative estimate of drug-likeness (QED) is 0.490. The molecule has 0 radical (unpaired) electrons. The van der Waals surface area contributed by atoms with Crippen molar-refractivity contribution < 1.29 is 9.59 Å². The van der Waals surface area contributed by atoms with Crippen LogP contribution >= 0.6 is 0 Å². The van der Waals surface area contributed by atoms with Gasteiger partial charge in [0, 0.05) is 0 Å². The Morgan fingerprint density at radius 2 is 1.38 bits per heavy atom. The van der Waals surface area contributed by atoms with E-state index in [0.29, 0.717) is 0 Å². The second-order valence-electron chi connectivity index (χ2n) is 1.58. The SMILES string of the molecule is CC(=O)CC(C)=O.[Sn+4]. The van der Waals surface area contributed by atoms with E-state index < -0.39 is 0 Å². The van der Waals surface area contributed by atoms with E-state index in [0.717, 1.165) is 0 Å². The molecule has 0 heterocycles. The fourth-order valence-corrected chi connectivity index (χ4v) is 0.351. The molecule has 0 fully saturated rings. The van der Waals surface area contributed by atoms with Crippen LogP contribution in [0.4, 0.5) is 0 Å². The standard InChI is InChI=1S/C5H8O2.Sn/c1-4(6)3-5(2)7;/h3H2,1-2H3;/q;+4. The van der Waals surface area contributed by atoms with Gasteiger partial charge < -0.3 is 0 Å². The van der Waals surface area contributed by atoms with E-state index in [4.69, 9.17) is 0 Å². The molecule has 0 aliphatic heterocycles. The van der Waals surface area contributed by atoms with Crippen LogP contribution < -0.4 is 0 Å². The van der Waals surface area contributed by atoms with Gasteiger partial charge in [0.25, 0.3) is 0 Å². The molecule has 0 unspecified atom stereocenters. The Balaban J connectivity index is 0. The second-order valence-corrected chi connectivity index (χ2v) is 1.58. The molecule has 40 valence electrons. The summed E-state index contributed by atoms with van der Waals surface area (Å²) in [5, 5.41) is 0. The number of Topliss-reactive ketones (excluding diaryl/α,β-unsaturated/α-hetero) is 2. The fraction of sp³-hybridized carbons (Fsp3) is 0.600. The Labute approximate surface area is 65.6 Å². The molecule has 3 heteroatoms. The molecule has 8 heavy (non-hydrogen) atoms. The molecule has 0 rings (SSSR count). The monoisotopic (exact) mass is 220 g/mol. The van der Waals surface area contributed by atoms with Crippen molar-refractivity contribution in [2.45, 2.75) is 20.3 Å². The minimum absolute atomic E-state index is 0. The summed E-state index contributed by atoms with van der Waals surface area (Å²) in [6, 6.07) is 0. The van der Waals surface area contributed by atoms with Gasteiger partial charge in [0.15, 0.2) is 0 Å². The summed E-state index contributed by atoms with van der Waals surface area (Å²) in [6.07, 6.45) is 0.0833. The first-order chi connectivity index (χ1) is 3.13. The topological polar surface area (TPSA) is 34.1 Å². The Morgan fingerprint density at radius 3 is 1.38 bits per heavy atom. The summed E-state index contributed by atoms with van der Waals surface area (Å²) >= 11 is 0. The Hall–Kier alpha value is 0.139. The molecule has 0 spiro atoms. The van der Waals surface area contributed by atoms with Gasteiger partial charge in [0.2, 0.25) is 0 Å². The minimum atomic E-state index is -0.0625. The Morgan fingerprint density at radius 1 is 1.12 bits per heavy atom. The predicted molar refractivity (Wildman–Crippen MR) is 31.7 cm³/mol. The van der Waals surface area contributed by atoms with E-state index in [1.807, 2.05) is 0 Å². The van der Waals surface area contributed by atoms with Crippen molar-refractivity contribution in [3.05, 3.63) is 0 Å². The summed E-state index contributed by atoms with van der Waals surface area (Å²) < 4.78 is 0. The van der Waals surface area contributed by atoms with E-state index in [1.54, 1.807) is 0 Å². The maximum Gasteiger partial charge on any atom is 4.00 e. The number of carbonyl (C=O) groups excluding carboxylic acids is 2. The molecule has 0 saturated heterocycles. The van der Waals surface area contributed by atoms with Crippen molar-refractivity contribution >= 4 is 35.5 Å². The van der Waals surface area contributed by atoms with E-state index in [-0.39, 0.29) is 41.9 Å². The van der Waals surface area contributed by atoms with Crippen LogP contribution in [-0.2, 0) is 9.59 Å². The Bertz CT molecular complexity index is 86.6. The zero-order valence-electron chi connectivity index (χ0n) is 5.02. The van der Waals surface area contributed by atoms with Crippen LogP contribution in [0.15, 0.2) is 0 Å². The summed E-state index contributed by atoms with van der Waals surface area (Å²) in [6.45, 7) is 2.81. The minimum Gasteiger partial charge on any atom is -0.300 e. The van der Waals surface area contributed by atoms with Gasteiger partial charge in [0.05, 0.1) is 6.42 Å². The number of rotatable bonds is 2. The molecule has 0 atom stereocenters. The second kappa shape index (κ2) is 5.28. The number of hydrogen-bond acceptors (Lipinski definition) is 2. The molecule has 2 nitrogen and oxygen atoms in total. The molecule has 0 aromatic heterocycles. The third-order valence-electron chi connectivity index (χ3n) is 0.498. The van der Waals surface area contributed by atoms with Crippen molar-refractivity contribution in [2.75, 3.05) is 0 Å².